The summed E-state index contributed by atoms with van der Waals surface area (Å²) in [5.74, 6) is -0.794. The van der Waals surface area contributed by atoms with Crippen molar-refractivity contribution >= 4 is 27.7 Å². The molecule has 0 aliphatic carbocycles. The molecule has 0 aromatic heterocycles. The Balaban J connectivity index is 2.66. The van der Waals surface area contributed by atoms with E-state index in [1.54, 1.807) is 24.3 Å². The van der Waals surface area contributed by atoms with Crippen LogP contribution in [0.2, 0.25) is 0 Å². The molecule has 92 valence electrons. The van der Waals surface area contributed by atoms with E-state index in [9.17, 15) is 13.2 Å². The summed E-state index contributed by atoms with van der Waals surface area (Å²) in [5.41, 5.74) is 6.89. The SMILES string of the molecule is CCS(=O)(=O)NC(=O)/C=C/c1ccc(N)cc1. The number of nitrogens with one attached hydrogen (secondary N) is 1. The zero-order valence-corrected chi connectivity index (χ0v) is 10.2. The largest absolute Gasteiger partial charge is 0.399 e. The molecular weight excluding hydrogens is 240 g/mol. The van der Waals surface area contributed by atoms with E-state index in [0.717, 1.165) is 5.56 Å². The Labute approximate surface area is 100 Å². The highest BCUT2D eigenvalue weighted by Crippen LogP contribution is 2.06. The average Bonchev–Trinajstić information content (AvgIpc) is 2.28. The zero-order valence-electron chi connectivity index (χ0n) is 9.38. The molecule has 3 N–H and O–H groups in total. The predicted octanol–water partition coefficient (Wildman–Crippen LogP) is 0.748. The molecule has 0 heterocycles. The second-order valence-corrected chi connectivity index (χ2v) is 5.38. The number of rotatable bonds is 4. The van der Waals surface area contributed by atoms with Crippen LogP contribution < -0.4 is 10.5 Å². The average molecular weight is 254 g/mol. The topological polar surface area (TPSA) is 89.3 Å². The van der Waals surface area contributed by atoms with Crippen molar-refractivity contribution in [2.45, 2.75) is 6.92 Å². The highest BCUT2D eigenvalue weighted by Gasteiger charge is 2.08. The summed E-state index contributed by atoms with van der Waals surface area (Å²) < 4.78 is 24.1. The number of carbonyl (C=O) groups is 1. The van der Waals surface area contributed by atoms with Crippen LogP contribution in [0.25, 0.3) is 6.08 Å². The van der Waals surface area contributed by atoms with Gasteiger partial charge in [0, 0.05) is 11.8 Å². The Kier molecular flexibility index (Phi) is 4.28. The van der Waals surface area contributed by atoms with Gasteiger partial charge in [0.1, 0.15) is 0 Å². The number of benzene rings is 1. The lowest BCUT2D eigenvalue weighted by Gasteiger charge is -2.00. The monoisotopic (exact) mass is 254 g/mol. The number of sulfonamides is 1. The van der Waals surface area contributed by atoms with E-state index >= 15 is 0 Å². The van der Waals surface area contributed by atoms with Gasteiger partial charge in [0.25, 0.3) is 5.91 Å². The molecule has 0 radical (unpaired) electrons. The summed E-state index contributed by atoms with van der Waals surface area (Å²) in [6.07, 6.45) is 2.68. The lowest BCUT2D eigenvalue weighted by molar-refractivity contribution is -0.114. The van der Waals surface area contributed by atoms with Gasteiger partial charge in [0.15, 0.2) is 0 Å². The van der Waals surface area contributed by atoms with Crippen LogP contribution in [0.5, 0.6) is 0 Å². The molecule has 17 heavy (non-hydrogen) atoms. The van der Waals surface area contributed by atoms with E-state index in [4.69, 9.17) is 5.73 Å². The van der Waals surface area contributed by atoms with Crippen LogP contribution in [-0.2, 0) is 14.8 Å². The third kappa shape index (κ3) is 4.69. The maximum absolute atomic E-state index is 11.3. The van der Waals surface area contributed by atoms with Gasteiger partial charge >= 0.3 is 0 Å². The van der Waals surface area contributed by atoms with Crippen molar-refractivity contribution in [1.82, 2.24) is 4.72 Å². The Bertz CT molecular complexity index is 518. The zero-order chi connectivity index (χ0) is 12.9. The van der Waals surface area contributed by atoms with Crippen LogP contribution in [0.15, 0.2) is 30.3 Å². The van der Waals surface area contributed by atoms with Gasteiger partial charge in [-0.15, -0.1) is 0 Å². The highest BCUT2D eigenvalue weighted by atomic mass is 32.2. The number of hydrogen-bond donors (Lipinski definition) is 2. The molecule has 1 aromatic rings. The quantitative estimate of drug-likeness (QED) is 0.613. The van der Waals surface area contributed by atoms with Crippen molar-refractivity contribution in [3.8, 4) is 0 Å². The van der Waals surface area contributed by atoms with E-state index in [1.165, 1.54) is 19.1 Å². The van der Waals surface area contributed by atoms with Gasteiger partial charge in [-0.1, -0.05) is 12.1 Å². The molecule has 0 saturated heterocycles. The maximum atomic E-state index is 11.3. The summed E-state index contributed by atoms with van der Waals surface area (Å²) in [5, 5.41) is 0. The Morgan fingerprint density at radius 3 is 2.47 bits per heavy atom. The first-order valence-electron chi connectivity index (χ1n) is 5.01. The molecule has 1 rings (SSSR count). The third-order valence-corrected chi connectivity index (χ3v) is 3.27. The van der Waals surface area contributed by atoms with Crippen molar-refractivity contribution in [2.24, 2.45) is 0 Å². The fraction of sp³-hybridized carbons (Fsp3) is 0.182. The highest BCUT2D eigenvalue weighted by molar-refractivity contribution is 7.90. The summed E-state index contributed by atoms with van der Waals surface area (Å²) in [7, 11) is -3.50. The first-order chi connectivity index (χ1) is 7.93. The minimum absolute atomic E-state index is 0.131. The number of nitrogen functional groups attached to an aromatic ring is 1. The van der Waals surface area contributed by atoms with E-state index in [2.05, 4.69) is 0 Å². The van der Waals surface area contributed by atoms with Gasteiger partial charge in [-0.2, -0.15) is 0 Å². The molecule has 0 atom stereocenters. The van der Waals surface area contributed by atoms with Crippen LogP contribution in [0.1, 0.15) is 12.5 Å². The Morgan fingerprint density at radius 1 is 1.35 bits per heavy atom. The first-order valence-corrected chi connectivity index (χ1v) is 6.66. The smallest absolute Gasteiger partial charge is 0.257 e. The number of nitrogens with two attached hydrogens (primary N) is 1. The lowest BCUT2D eigenvalue weighted by Crippen LogP contribution is -2.30. The fourth-order valence-corrected chi connectivity index (χ4v) is 1.56. The first kappa shape index (κ1) is 13.2. The van der Waals surface area contributed by atoms with E-state index in [-0.39, 0.29) is 5.75 Å². The lowest BCUT2D eigenvalue weighted by atomic mass is 10.2. The summed E-state index contributed by atoms with van der Waals surface area (Å²) >= 11 is 0. The number of amides is 1. The van der Waals surface area contributed by atoms with Crippen LogP contribution in [0.3, 0.4) is 0 Å². The molecule has 1 amide bonds. The van der Waals surface area contributed by atoms with Crippen LogP contribution in [-0.4, -0.2) is 20.1 Å². The van der Waals surface area contributed by atoms with Gasteiger partial charge in [-0.3, -0.25) is 4.79 Å². The molecule has 6 heteroatoms. The fourth-order valence-electron chi connectivity index (χ4n) is 1.04. The van der Waals surface area contributed by atoms with E-state index in [1.807, 2.05) is 4.72 Å². The van der Waals surface area contributed by atoms with Crippen LogP contribution in [0, 0.1) is 0 Å². The molecule has 5 nitrogen and oxygen atoms in total. The normalized spacial score (nSPS) is 11.6. The van der Waals surface area contributed by atoms with Gasteiger partial charge < -0.3 is 5.73 Å². The molecular formula is C11H14N2O3S. The minimum atomic E-state index is -3.50. The molecule has 1 aromatic carbocycles. The van der Waals surface area contributed by atoms with Crippen molar-refractivity contribution in [2.75, 3.05) is 11.5 Å². The maximum Gasteiger partial charge on any atom is 0.257 e. The van der Waals surface area contributed by atoms with Gasteiger partial charge in [0.2, 0.25) is 10.0 Å². The molecule has 0 fully saturated rings. The summed E-state index contributed by atoms with van der Waals surface area (Å²) in [4.78, 5) is 11.3. The standard InChI is InChI=1S/C11H14N2O3S/c1-2-17(15,16)13-11(14)8-5-9-3-6-10(12)7-4-9/h3-8H,2,12H2,1H3,(H,13,14)/b8-5+. The van der Waals surface area contributed by atoms with Gasteiger partial charge in [0.05, 0.1) is 5.75 Å². The minimum Gasteiger partial charge on any atom is -0.399 e. The Hall–Kier alpha value is -1.82. The number of anilines is 1. The second kappa shape index (κ2) is 5.49. The summed E-state index contributed by atoms with van der Waals surface area (Å²) in [6.45, 7) is 1.46. The third-order valence-electron chi connectivity index (χ3n) is 2.00. The predicted molar refractivity (Wildman–Crippen MR) is 67.5 cm³/mol. The van der Waals surface area contributed by atoms with E-state index < -0.39 is 15.9 Å². The van der Waals surface area contributed by atoms with Crippen LogP contribution >= 0.6 is 0 Å². The van der Waals surface area contributed by atoms with Gasteiger partial charge in [-0.05, 0) is 30.7 Å². The number of hydrogen-bond acceptors (Lipinski definition) is 4. The summed E-state index contributed by atoms with van der Waals surface area (Å²) in [6, 6.07) is 6.85. The Morgan fingerprint density at radius 2 is 1.94 bits per heavy atom. The molecule has 0 bridgehead atoms. The van der Waals surface area contributed by atoms with E-state index in [0.29, 0.717) is 5.69 Å². The van der Waals surface area contributed by atoms with Crippen LogP contribution in [0.4, 0.5) is 5.69 Å². The molecule has 0 aliphatic rings. The van der Waals surface area contributed by atoms with Crippen molar-refractivity contribution in [1.29, 1.82) is 0 Å². The van der Waals surface area contributed by atoms with Gasteiger partial charge in [-0.25, -0.2) is 13.1 Å². The van der Waals surface area contributed by atoms with Crippen molar-refractivity contribution in [3.05, 3.63) is 35.9 Å². The molecule has 0 aliphatic heterocycles. The molecule has 0 spiro atoms. The van der Waals surface area contributed by atoms with Crippen molar-refractivity contribution in [3.63, 3.8) is 0 Å². The number of carbonyl (C=O) groups excluding carboxylic acids is 1. The molecule has 0 saturated carbocycles. The van der Waals surface area contributed by atoms with Crippen molar-refractivity contribution < 1.29 is 13.2 Å². The second-order valence-electron chi connectivity index (χ2n) is 3.37. The molecule has 0 unspecified atom stereocenters.